The van der Waals surface area contributed by atoms with Crippen molar-refractivity contribution in [1.29, 1.82) is 0 Å². The number of nitrogens with zero attached hydrogens (tertiary/aromatic N) is 2. The number of rotatable bonds is 7. The van der Waals surface area contributed by atoms with E-state index in [1.54, 1.807) is 29.9 Å². The molecule has 2 aliphatic rings. The van der Waals surface area contributed by atoms with Crippen molar-refractivity contribution in [3.05, 3.63) is 52.0 Å². The summed E-state index contributed by atoms with van der Waals surface area (Å²) in [6, 6.07) is 6.79. The Labute approximate surface area is 191 Å². The van der Waals surface area contributed by atoms with Crippen molar-refractivity contribution in [2.75, 3.05) is 19.6 Å². The van der Waals surface area contributed by atoms with E-state index in [0.29, 0.717) is 17.2 Å². The highest BCUT2D eigenvalue weighted by Crippen LogP contribution is 2.40. The van der Waals surface area contributed by atoms with Crippen LogP contribution in [0, 0.1) is 0 Å². The first-order valence-electron chi connectivity index (χ1n) is 11.0. The van der Waals surface area contributed by atoms with Crippen LogP contribution < -0.4 is 10.6 Å². The molecular weight excluding hydrogens is 431 g/mol. The highest BCUT2D eigenvalue weighted by molar-refractivity contribution is 7.09. The molecule has 1 atom stereocenters. The molecule has 0 radical (unpaired) electrons. The van der Waals surface area contributed by atoms with Crippen LogP contribution in [0.3, 0.4) is 0 Å². The van der Waals surface area contributed by atoms with Crippen LogP contribution in [-0.4, -0.2) is 58.5 Å². The van der Waals surface area contributed by atoms with Gasteiger partial charge in [0, 0.05) is 36.9 Å². The third kappa shape index (κ3) is 5.33. The monoisotopic (exact) mass is 460 g/mol. The molecule has 1 aliphatic heterocycles. The van der Waals surface area contributed by atoms with E-state index in [1.165, 1.54) is 17.4 Å². The van der Waals surface area contributed by atoms with Crippen LogP contribution in [0.2, 0.25) is 0 Å². The largest absolute Gasteiger partial charge is 0.384 e. The number of amides is 2. The number of aliphatic hydroxyl groups is 1. The standard InChI is InChI=1S/C23H29FN4O3S/c24-11-16-2-1-3-17(10-16)22(30)26-13-21(29)27-18-6-9-28(14-18)19-4-7-23(31,8-5-19)20-12-25-15-32-20/h1-3,10,12,15,18-19,31H,4-9,11,13-14H2,(H,26,30)(H,27,29)/t18-,19?,23?/m1/s1. The molecule has 1 aromatic carbocycles. The minimum Gasteiger partial charge on any atom is -0.384 e. The molecule has 0 bridgehead atoms. The zero-order valence-electron chi connectivity index (χ0n) is 17.9. The lowest BCUT2D eigenvalue weighted by molar-refractivity contribution is -0.120. The summed E-state index contributed by atoms with van der Waals surface area (Å²) in [6.07, 6.45) is 5.93. The number of hydrogen-bond acceptors (Lipinski definition) is 6. The fraction of sp³-hybridized carbons (Fsp3) is 0.522. The van der Waals surface area contributed by atoms with E-state index in [4.69, 9.17) is 0 Å². The molecule has 9 heteroatoms. The lowest BCUT2D eigenvalue weighted by Gasteiger charge is -2.39. The third-order valence-corrected chi connectivity index (χ3v) is 7.49. The minimum absolute atomic E-state index is 0.0524. The minimum atomic E-state index is -0.757. The third-order valence-electron chi connectivity index (χ3n) is 6.53. The maximum absolute atomic E-state index is 12.8. The molecule has 0 unspecified atom stereocenters. The fourth-order valence-corrected chi connectivity index (χ4v) is 5.49. The molecule has 1 saturated carbocycles. The number of halogens is 1. The fourth-order valence-electron chi connectivity index (χ4n) is 4.71. The second kappa shape index (κ2) is 10.1. The molecule has 7 nitrogen and oxygen atoms in total. The summed E-state index contributed by atoms with van der Waals surface area (Å²) < 4.78 is 12.8. The van der Waals surface area contributed by atoms with Gasteiger partial charge in [0.25, 0.3) is 5.91 Å². The van der Waals surface area contributed by atoms with Crippen LogP contribution in [0.1, 0.15) is 52.9 Å². The van der Waals surface area contributed by atoms with Crippen molar-refractivity contribution in [3.63, 3.8) is 0 Å². The SMILES string of the molecule is O=C(CNC(=O)c1cccc(CF)c1)N[C@@H]1CCN(C2CCC(O)(c3cncs3)CC2)C1. The average molecular weight is 461 g/mol. The molecule has 1 saturated heterocycles. The molecule has 2 amide bonds. The van der Waals surface area contributed by atoms with Gasteiger partial charge in [-0.25, -0.2) is 4.39 Å². The molecule has 0 spiro atoms. The number of alkyl halides is 1. The average Bonchev–Trinajstić information content (AvgIpc) is 3.51. The van der Waals surface area contributed by atoms with Gasteiger partial charge in [-0.05, 0) is 49.8 Å². The van der Waals surface area contributed by atoms with E-state index in [1.807, 2.05) is 0 Å². The molecular formula is C23H29FN4O3S. The number of thiazole rings is 1. The van der Waals surface area contributed by atoms with Gasteiger partial charge in [-0.2, -0.15) is 0 Å². The van der Waals surface area contributed by atoms with Gasteiger partial charge in [-0.1, -0.05) is 12.1 Å². The number of carbonyl (C=O) groups is 2. The maximum Gasteiger partial charge on any atom is 0.251 e. The van der Waals surface area contributed by atoms with Crippen LogP contribution in [0.25, 0.3) is 0 Å². The van der Waals surface area contributed by atoms with Crippen LogP contribution >= 0.6 is 11.3 Å². The highest BCUT2D eigenvalue weighted by atomic mass is 32.1. The molecule has 2 heterocycles. The zero-order valence-corrected chi connectivity index (χ0v) is 18.7. The Hall–Kier alpha value is -2.36. The second-order valence-corrected chi connectivity index (χ2v) is 9.58. The van der Waals surface area contributed by atoms with Crippen molar-refractivity contribution < 1.29 is 19.1 Å². The lowest BCUT2D eigenvalue weighted by atomic mass is 9.81. The van der Waals surface area contributed by atoms with Gasteiger partial charge in [-0.3, -0.25) is 19.5 Å². The summed E-state index contributed by atoms with van der Waals surface area (Å²) in [5.74, 6) is -0.616. The molecule has 2 aromatic rings. The van der Waals surface area contributed by atoms with Crippen LogP contribution in [0.4, 0.5) is 4.39 Å². The van der Waals surface area contributed by atoms with E-state index in [9.17, 15) is 19.1 Å². The van der Waals surface area contributed by atoms with Crippen molar-refractivity contribution in [2.45, 2.75) is 56.5 Å². The van der Waals surface area contributed by atoms with E-state index in [0.717, 1.165) is 50.1 Å². The molecule has 1 aliphatic carbocycles. The molecule has 1 aromatic heterocycles. The van der Waals surface area contributed by atoms with Gasteiger partial charge in [0.05, 0.1) is 16.9 Å². The summed E-state index contributed by atoms with van der Waals surface area (Å²) >= 11 is 1.51. The molecule has 2 fully saturated rings. The highest BCUT2D eigenvalue weighted by Gasteiger charge is 2.39. The maximum atomic E-state index is 12.8. The summed E-state index contributed by atoms with van der Waals surface area (Å²) in [6.45, 7) is 0.949. The van der Waals surface area contributed by atoms with Crippen LogP contribution in [0.15, 0.2) is 36.0 Å². The smallest absolute Gasteiger partial charge is 0.251 e. The van der Waals surface area contributed by atoms with Crippen LogP contribution in [-0.2, 0) is 17.1 Å². The van der Waals surface area contributed by atoms with Gasteiger partial charge in [0.15, 0.2) is 0 Å². The Morgan fingerprint density at radius 3 is 2.81 bits per heavy atom. The normalized spacial score (nSPS) is 26.1. The predicted molar refractivity (Wildman–Crippen MR) is 120 cm³/mol. The van der Waals surface area contributed by atoms with Crippen molar-refractivity contribution in [1.82, 2.24) is 20.5 Å². The Morgan fingerprint density at radius 2 is 2.09 bits per heavy atom. The molecule has 32 heavy (non-hydrogen) atoms. The predicted octanol–water partition coefficient (Wildman–Crippen LogP) is 2.36. The number of benzene rings is 1. The summed E-state index contributed by atoms with van der Waals surface area (Å²) in [5, 5.41) is 16.5. The Bertz CT molecular complexity index is 931. The van der Waals surface area contributed by atoms with Gasteiger partial charge < -0.3 is 15.7 Å². The Balaban J connectivity index is 1.20. The number of aromatic nitrogens is 1. The van der Waals surface area contributed by atoms with Crippen molar-refractivity contribution in [2.24, 2.45) is 0 Å². The number of nitrogens with one attached hydrogen (secondary N) is 2. The molecule has 3 N–H and O–H groups in total. The van der Waals surface area contributed by atoms with E-state index in [2.05, 4.69) is 20.5 Å². The second-order valence-electron chi connectivity index (χ2n) is 8.69. The summed E-state index contributed by atoms with van der Waals surface area (Å²) in [7, 11) is 0. The van der Waals surface area contributed by atoms with Crippen LogP contribution in [0.5, 0.6) is 0 Å². The topological polar surface area (TPSA) is 94.6 Å². The van der Waals surface area contributed by atoms with Crippen molar-refractivity contribution >= 4 is 23.2 Å². The van der Waals surface area contributed by atoms with E-state index < -0.39 is 12.3 Å². The van der Waals surface area contributed by atoms with Gasteiger partial charge >= 0.3 is 0 Å². The number of carbonyl (C=O) groups excluding carboxylic acids is 2. The zero-order chi connectivity index (χ0) is 22.6. The van der Waals surface area contributed by atoms with Crippen molar-refractivity contribution in [3.8, 4) is 0 Å². The van der Waals surface area contributed by atoms with Gasteiger partial charge in [0.1, 0.15) is 12.3 Å². The number of likely N-dealkylation sites (tertiary alicyclic amines) is 1. The first kappa shape index (κ1) is 22.8. The first-order chi connectivity index (χ1) is 15.5. The molecule has 172 valence electrons. The quantitative estimate of drug-likeness (QED) is 0.590. The first-order valence-corrected chi connectivity index (χ1v) is 11.9. The lowest BCUT2D eigenvalue weighted by Crippen LogP contribution is -2.45. The Morgan fingerprint density at radius 1 is 1.28 bits per heavy atom. The van der Waals surface area contributed by atoms with Gasteiger partial charge in [0.2, 0.25) is 5.91 Å². The number of hydrogen-bond donors (Lipinski definition) is 3. The summed E-state index contributed by atoms with van der Waals surface area (Å²) in [4.78, 5) is 32.0. The Kier molecular flexibility index (Phi) is 7.17. The van der Waals surface area contributed by atoms with E-state index >= 15 is 0 Å². The van der Waals surface area contributed by atoms with Gasteiger partial charge in [-0.15, -0.1) is 11.3 Å². The molecule has 4 rings (SSSR count). The van der Waals surface area contributed by atoms with E-state index in [-0.39, 0.29) is 24.4 Å². The summed E-state index contributed by atoms with van der Waals surface area (Å²) in [5.41, 5.74) is 1.78.